The van der Waals surface area contributed by atoms with Gasteiger partial charge in [-0.15, -0.1) is 0 Å². The highest BCUT2D eigenvalue weighted by molar-refractivity contribution is 5.71. The lowest BCUT2D eigenvalue weighted by Crippen LogP contribution is -2.30. The first-order valence-corrected chi connectivity index (χ1v) is 26.7. The summed E-state index contributed by atoms with van der Waals surface area (Å²) in [4.78, 5) is 38.0. The van der Waals surface area contributed by atoms with Crippen LogP contribution in [0.5, 0.6) is 0 Å². The van der Waals surface area contributed by atoms with E-state index in [0.29, 0.717) is 19.3 Å². The van der Waals surface area contributed by atoms with Gasteiger partial charge in [0.25, 0.3) is 0 Å². The van der Waals surface area contributed by atoms with E-state index in [2.05, 4.69) is 32.9 Å². The minimum Gasteiger partial charge on any atom is -0.462 e. The lowest BCUT2D eigenvalue weighted by Gasteiger charge is -2.18. The fourth-order valence-corrected chi connectivity index (χ4v) is 7.97. The molecule has 0 rings (SSSR count). The van der Waals surface area contributed by atoms with Gasteiger partial charge in [-0.25, -0.2) is 0 Å². The van der Waals surface area contributed by atoms with E-state index in [9.17, 15) is 14.4 Å². The maximum atomic E-state index is 12.8. The van der Waals surface area contributed by atoms with E-state index < -0.39 is 6.10 Å². The molecule has 0 aromatic rings. The van der Waals surface area contributed by atoms with Crippen molar-refractivity contribution >= 4 is 17.9 Å². The van der Waals surface area contributed by atoms with E-state index >= 15 is 0 Å². The highest BCUT2D eigenvalue weighted by Gasteiger charge is 2.19. The average Bonchev–Trinajstić information content (AvgIpc) is 3.24. The third kappa shape index (κ3) is 47.2. The number of hydrogen-bond acceptors (Lipinski definition) is 6. The fourth-order valence-electron chi connectivity index (χ4n) is 7.97. The second-order valence-electron chi connectivity index (χ2n) is 18.2. The molecule has 0 N–H and O–H groups in total. The summed E-state index contributed by atoms with van der Waals surface area (Å²) >= 11 is 0. The van der Waals surface area contributed by atoms with Crippen molar-refractivity contribution in [2.45, 2.75) is 303 Å². The van der Waals surface area contributed by atoms with Gasteiger partial charge in [0.1, 0.15) is 13.2 Å². The van der Waals surface area contributed by atoms with Crippen molar-refractivity contribution in [2.24, 2.45) is 0 Å². The Hall–Kier alpha value is -1.85. The number of carbonyl (C=O) groups excluding carboxylic acids is 3. The molecule has 60 heavy (non-hydrogen) atoms. The highest BCUT2D eigenvalue weighted by atomic mass is 16.6. The summed E-state index contributed by atoms with van der Waals surface area (Å²) in [6.07, 6.45) is 54.8. The largest absolute Gasteiger partial charge is 0.462 e. The molecule has 0 spiro atoms. The molecule has 1 unspecified atom stereocenters. The molecule has 0 aromatic heterocycles. The molecular formula is C54H102O6. The van der Waals surface area contributed by atoms with Crippen molar-refractivity contribution in [3.05, 3.63) is 12.2 Å². The summed E-state index contributed by atoms with van der Waals surface area (Å²) < 4.78 is 16.8. The van der Waals surface area contributed by atoms with Crippen molar-refractivity contribution in [2.75, 3.05) is 13.2 Å². The summed E-state index contributed by atoms with van der Waals surface area (Å²) in [6.45, 7) is 6.66. The zero-order valence-electron chi connectivity index (χ0n) is 40.5. The number of rotatable bonds is 49. The van der Waals surface area contributed by atoms with Gasteiger partial charge in [-0.1, -0.05) is 245 Å². The number of carbonyl (C=O) groups is 3. The zero-order chi connectivity index (χ0) is 43.7. The summed E-state index contributed by atoms with van der Waals surface area (Å²) in [5.41, 5.74) is 0. The molecule has 0 saturated heterocycles. The maximum absolute atomic E-state index is 12.8. The van der Waals surface area contributed by atoms with Crippen molar-refractivity contribution in [1.82, 2.24) is 0 Å². The van der Waals surface area contributed by atoms with Gasteiger partial charge in [0.2, 0.25) is 0 Å². The van der Waals surface area contributed by atoms with Gasteiger partial charge in [0.15, 0.2) is 6.10 Å². The molecular weight excluding hydrogens is 745 g/mol. The molecule has 0 fully saturated rings. The molecule has 0 amide bonds. The predicted molar refractivity (Wildman–Crippen MR) is 256 cm³/mol. The Morgan fingerprint density at radius 3 is 0.850 bits per heavy atom. The van der Waals surface area contributed by atoms with Gasteiger partial charge < -0.3 is 14.2 Å². The third-order valence-corrected chi connectivity index (χ3v) is 12.0. The number of allylic oxidation sites excluding steroid dienone is 2. The highest BCUT2D eigenvalue weighted by Crippen LogP contribution is 2.16. The van der Waals surface area contributed by atoms with Gasteiger partial charge in [-0.3, -0.25) is 14.4 Å². The summed E-state index contributed by atoms with van der Waals surface area (Å²) in [5, 5.41) is 0. The van der Waals surface area contributed by atoms with E-state index in [4.69, 9.17) is 14.2 Å². The molecule has 0 radical (unpaired) electrons. The first-order chi connectivity index (χ1) is 29.5. The quantitative estimate of drug-likeness (QED) is 0.0263. The SMILES string of the molecule is CCCCCCCC/C=C\CCCCCC(=O)OCC(COC(=O)CCCCCCCCCCCCCCCCC)OC(=O)CCCCCCCCCCCCCCCC. The Morgan fingerprint density at radius 1 is 0.317 bits per heavy atom. The van der Waals surface area contributed by atoms with E-state index in [1.54, 1.807) is 0 Å². The first kappa shape index (κ1) is 58.1. The van der Waals surface area contributed by atoms with Crippen LogP contribution in [0.25, 0.3) is 0 Å². The van der Waals surface area contributed by atoms with Crippen LogP contribution in [-0.2, 0) is 28.6 Å². The fraction of sp³-hybridized carbons (Fsp3) is 0.907. The topological polar surface area (TPSA) is 78.9 Å². The van der Waals surface area contributed by atoms with Crippen LogP contribution in [0.15, 0.2) is 12.2 Å². The number of esters is 3. The number of ether oxygens (including phenoxy) is 3. The van der Waals surface area contributed by atoms with Crippen LogP contribution in [0.4, 0.5) is 0 Å². The van der Waals surface area contributed by atoms with Crippen molar-refractivity contribution < 1.29 is 28.6 Å². The monoisotopic (exact) mass is 847 g/mol. The van der Waals surface area contributed by atoms with Crippen molar-refractivity contribution in [3.8, 4) is 0 Å². The molecule has 0 aliphatic heterocycles. The second-order valence-corrected chi connectivity index (χ2v) is 18.2. The minimum atomic E-state index is -0.769. The van der Waals surface area contributed by atoms with Crippen molar-refractivity contribution in [3.63, 3.8) is 0 Å². The van der Waals surface area contributed by atoms with E-state index in [-0.39, 0.29) is 31.1 Å². The van der Waals surface area contributed by atoms with Crippen LogP contribution in [0.2, 0.25) is 0 Å². The molecule has 0 aliphatic carbocycles. The molecule has 0 bridgehead atoms. The average molecular weight is 847 g/mol. The molecule has 0 heterocycles. The normalized spacial score (nSPS) is 12.0. The van der Waals surface area contributed by atoms with Crippen LogP contribution in [0.1, 0.15) is 297 Å². The van der Waals surface area contributed by atoms with E-state index in [0.717, 1.165) is 64.2 Å². The molecule has 0 aliphatic rings. The number of unbranched alkanes of at least 4 members (excludes halogenated alkanes) is 36. The molecule has 1 atom stereocenters. The Kier molecular flexibility index (Phi) is 48.3. The smallest absolute Gasteiger partial charge is 0.306 e. The molecule has 354 valence electrons. The van der Waals surface area contributed by atoms with Crippen molar-refractivity contribution in [1.29, 1.82) is 0 Å². The minimum absolute atomic E-state index is 0.0690. The Balaban J connectivity index is 4.33. The van der Waals surface area contributed by atoms with Gasteiger partial charge in [0.05, 0.1) is 0 Å². The molecule has 0 aromatic carbocycles. The zero-order valence-corrected chi connectivity index (χ0v) is 40.5. The Bertz CT molecular complexity index is 931. The van der Waals surface area contributed by atoms with Gasteiger partial charge in [0, 0.05) is 19.3 Å². The lowest BCUT2D eigenvalue weighted by atomic mass is 10.0. The van der Waals surface area contributed by atoms with E-state index in [1.165, 1.54) is 193 Å². The molecule has 6 heteroatoms. The van der Waals surface area contributed by atoms with Gasteiger partial charge in [-0.05, 0) is 44.9 Å². The van der Waals surface area contributed by atoms with Crippen LogP contribution in [0.3, 0.4) is 0 Å². The standard InChI is InChI=1S/C54H102O6/c1-4-7-10-13-16-19-22-25-27-30-32-35-38-41-44-47-53(56)59-50-51(49-58-52(55)46-43-40-37-34-31-28-24-21-18-15-12-9-6-3)60-54(57)48-45-42-39-36-33-29-26-23-20-17-14-11-8-5-2/h28,31,51H,4-27,29-30,32-50H2,1-3H3/b31-28-. The molecule has 6 nitrogen and oxygen atoms in total. The van der Waals surface area contributed by atoms with Gasteiger partial charge in [-0.2, -0.15) is 0 Å². The van der Waals surface area contributed by atoms with Crippen LogP contribution in [-0.4, -0.2) is 37.2 Å². The Morgan fingerprint density at radius 2 is 0.550 bits per heavy atom. The Labute approximate surface area is 373 Å². The predicted octanol–water partition coefficient (Wildman–Crippen LogP) is 17.4. The number of hydrogen-bond donors (Lipinski definition) is 0. The van der Waals surface area contributed by atoms with Gasteiger partial charge >= 0.3 is 17.9 Å². The summed E-state index contributed by atoms with van der Waals surface area (Å²) in [5.74, 6) is -0.867. The molecule has 0 saturated carbocycles. The maximum Gasteiger partial charge on any atom is 0.306 e. The van der Waals surface area contributed by atoms with Crippen LogP contribution in [0, 0.1) is 0 Å². The van der Waals surface area contributed by atoms with Crippen LogP contribution < -0.4 is 0 Å². The first-order valence-electron chi connectivity index (χ1n) is 26.7. The second kappa shape index (κ2) is 49.8. The summed E-state index contributed by atoms with van der Waals surface area (Å²) in [7, 11) is 0. The van der Waals surface area contributed by atoms with Crippen LogP contribution >= 0.6 is 0 Å². The summed E-state index contributed by atoms with van der Waals surface area (Å²) in [6, 6.07) is 0. The lowest BCUT2D eigenvalue weighted by molar-refractivity contribution is -0.167. The van der Waals surface area contributed by atoms with E-state index in [1.807, 2.05) is 0 Å². The third-order valence-electron chi connectivity index (χ3n) is 12.0.